The van der Waals surface area contributed by atoms with Gasteiger partial charge in [0.05, 0.1) is 5.57 Å². The first kappa shape index (κ1) is 9.92. The topological polar surface area (TPSA) is 75.6 Å². The molecular formula is C8H11NO4. The van der Waals surface area contributed by atoms with E-state index in [0.717, 1.165) is 0 Å². The van der Waals surface area contributed by atoms with Crippen LogP contribution in [0.4, 0.5) is 0 Å². The lowest BCUT2D eigenvalue weighted by atomic mass is 9.93. The van der Waals surface area contributed by atoms with Crippen LogP contribution in [0, 0.1) is 0 Å². The van der Waals surface area contributed by atoms with Crippen molar-refractivity contribution in [2.24, 2.45) is 0 Å². The van der Waals surface area contributed by atoms with Crippen molar-refractivity contribution in [1.29, 1.82) is 0 Å². The highest BCUT2D eigenvalue weighted by atomic mass is 16.5. The Hall–Kier alpha value is -1.16. The normalized spacial score (nSPS) is 33.1. The average Bonchev–Trinajstić information content (AvgIpc) is 2.43. The summed E-state index contributed by atoms with van der Waals surface area (Å²) in [5.41, 5.74) is -0.768. The molecule has 0 aliphatic carbocycles. The fourth-order valence-electron chi connectivity index (χ4n) is 1.45. The second kappa shape index (κ2) is 3.30. The van der Waals surface area contributed by atoms with Crippen LogP contribution in [0.25, 0.3) is 0 Å². The zero-order valence-electron chi connectivity index (χ0n) is 7.46. The number of carboxylic acids is 1. The summed E-state index contributed by atoms with van der Waals surface area (Å²) in [5.74, 6) is 0.673. The Bertz CT molecular complexity index is 282. The fourth-order valence-corrected chi connectivity index (χ4v) is 1.45. The largest absolute Gasteiger partial charge is 0.480 e. The zero-order chi connectivity index (χ0) is 10.1. The number of carbonyl (C=O) groups is 1. The van der Waals surface area contributed by atoms with Gasteiger partial charge in [0.15, 0.2) is 0 Å². The molecule has 1 rings (SSSR count). The number of ether oxygens (including phenoxy) is 1. The van der Waals surface area contributed by atoms with Gasteiger partial charge in [0, 0.05) is 13.7 Å². The lowest BCUT2D eigenvalue weighted by Gasteiger charge is -2.26. The van der Waals surface area contributed by atoms with E-state index < -0.39 is 17.6 Å². The minimum absolute atomic E-state index is 0.213. The lowest BCUT2D eigenvalue weighted by Crippen LogP contribution is -2.48. The Morgan fingerprint density at radius 3 is 2.85 bits per heavy atom. The van der Waals surface area contributed by atoms with Crippen LogP contribution in [-0.4, -0.2) is 42.3 Å². The molecule has 1 fully saturated rings. The van der Waals surface area contributed by atoms with Gasteiger partial charge in [0.2, 0.25) is 0 Å². The van der Waals surface area contributed by atoms with Gasteiger partial charge in [-0.1, -0.05) is 0 Å². The molecule has 0 aromatic rings. The Balaban J connectivity index is 3.06. The van der Waals surface area contributed by atoms with Crippen molar-refractivity contribution in [2.45, 2.75) is 18.6 Å². The van der Waals surface area contributed by atoms with E-state index in [1.54, 1.807) is 12.9 Å². The summed E-state index contributed by atoms with van der Waals surface area (Å²) in [7, 11) is 1.38. The smallest absolute Gasteiger partial charge is 0.324 e. The molecule has 1 unspecified atom stereocenters. The molecule has 0 aromatic carbocycles. The first-order chi connectivity index (χ1) is 6.06. The predicted molar refractivity (Wildman–Crippen MR) is 44.0 cm³/mol. The Morgan fingerprint density at radius 2 is 2.46 bits per heavy atom. The van der Waals surface area contributed by atoms with Crippen LogP contribution >= 0.6 is 0 Å². The van der Waals surface area contributed by atoms with E-state index in [4.69, 9.17) is 9.84 Å². The van der Waals surface area contributed by atoms with Gasteiger partial charge in [-0.25, -0.2) is 4.79 Å². The molecule has 72 valence electrons. The van der Waals surface area contributed by atoms with Gasteiger partial charge in [-0.3, -0.25) is 10.1 Å². The molecule has 2 N–H and O–H groups in total. The maximum absolute atomic E-state index is 10.8. The predicted octanol–water partition coefficient (Wildman–Crippen LogP) is -0.794. The molecule has 0 spiro atoms. The highest BCUT2D eigenvalue weighted by molar-refractivity contribution is 5.79. The summed E-state index contributed by atoms with van der Waals surface area (Å²) in [6.07, 6.45) is 0. The Kier molecular flexibility index (Phi) is 2.52. The number of carboxylic acid groups (broad SMARTS) is 1. The van der Waals surface area contributed by atoms with Crippen molar-refractivity contribution in [2.75, 3.05) is 13.7 Å². The van der Waals surface area contributed by atoms with Gasteiger partial charge < -0.3 is 9.84 Å². The van der Waals surface area contributed by atoms with Crippen molar-refractivity contribution in [3.8, 4) is 0 Å². The van der Waals surface area contributed by atoms with Gasteiger partial charge >= 0.3 is 5.97 Å². The van der Waals surface area contributed by atoms with Crippen LogP contribution in [0.3, 0.4) is 0 Å². The molecule has 0 saturated carbocycles. The van der Waals surface area contributed by atoms with Crippen molar-refractivity contribution in [3.63, 3.8) is 0 Å². The van der Waals surface area contributed by atoms with Crippen LogP contribution in [0.1, 0.15) is 6.92 Å². The molecule has 1 aliphatic heterocycles. The average molecular weight is 185 g/mol. The second-order valence-corrected chi connectivity index (χ2v) is 3.04. The first-order valence-corrected chi connectivity index (χ1v) is 3.82. The van der Waals surface area contributed by atoms with Crippen molar-refractivity contribution in [3.05, 3.63) is 5.57 Å². The highest BCUT2D eigenvalue weighted by Crippen LogP contribution is 2.28. The summed E-state index contributed by atoms with van der Waals surface area (Å²) in [6, 6.07) is -0.881. The molecule has 0 radical (unpaired) electrons. The summed E-state index contributed by atoms with van der Waals surface area (Å²) >= 11 is 0. The maximum atomic E-state index is 10.8. The van der Waals surface area contributed by atoms with Crippen LogP contribution < -0.4 is 5.32 Å². The van der Waals surface area contributed by atoms with Crippen LogP contribution in [0.2, 0.25) is 0 Å². The molecule has 1 heterocycles. The minimum atomic E-state index is -1.08. The van der Waals surface area contributed by atoms with Crippen LogP contribution in [0.5, 0.6) is 0 Å². The number of carbonyl (C=O) groups excluding carboxylic acids is 1. The molecule has 0 bridgehead atoms. The molecule has 2 atom stereocenters. The van der Waals surface area contributed by atoms with Crippen LogP contribution in [-0.2, 0) is 14.3 Å². The van der Waals surface area contributed by atoms with E-state index in [2.05, 4.69) is 5.32 Å². The number of aliphatic carboxylic acids is 1. The molecule has 0 amide bonds. The standard InChI is InChI=1S/C8H11NO4/c1-8(13-2)5(4-10)3-9-6(8)7(11)12/h6,9H,3H2,1-2H3,(H,11,12)/t6-,8?/m1/s1. The number of nitrogens with one attached hydrogen (secondary N) is 1. The van der Waals surface area contributed by atoms with Gasteiger partial charge in [0.1, 0.15) is 17.6 Å². The second-order valence-electron chi connectivity index (χ2n) is 3.04. The summed E-state index contributed by atoms with van der Waals surface area (Å²) in [4.78, 5) is 21.2. The van der Waals surface area contributed by atoms with Crippen molar-refractivity contribution >= 4 is 11.9 Å². The maximum Gasteiger partial charge on any atom is 0.324 e. The minimum Gasteiger partial charge on any atom is -0.480 e. The summed E-state index contributed by atoms with van der Waals surface area (Å²) in [5, 5.41) is 11.5. The lowest BCUT2D eigenvalue weighted by molar-refractivity contribution is -0.144. The Morgan fingerprint density at radius 1 is 1.85 bits per heavy atom. The van der Waals surface area contributed by atoms with E-state index in [1.807, 2.05) is 0 Å². The van der Waals surface area contributed by atoms with E-state index in [-0.39, 0.29) is 6.54 Å². The highest BCUT2D eigenvalue weighted by Gasteiger charge is 2.48. The van der Waals surface area contributed by atoms with Gasteiger partial charge in [0.25, 0.3) is 0 Å². The SMILES string of the molecule is COC1(C)C(=C=O)CN[C@@H]1C(=O)O. The van der Waals surface area contributed by atoms with E-state index >= 15 is 0 Å². The van der Waals surface area contributed by atoms with E-state index in [1.165, 1.54) is 7.11 Å². The first-order valence-electron chi connectivity index (χ1n) is 3.82. The van der Waals surface area contributed by atoms with Crippen molar-refractivity contribution in [1.82, 2.24) is 5.32 Å². The molecule has 5 nitrogen and oxygen atoms in total. The fraction of sp³-hybridized carbons (Fsp3) is 0.625. The van der Waals surface area contributed by atoms with Gasteiger partial charge in [-0.2, -0.15) is 0 Å². The Labute approximate surface area is 75.4 Å². The quantitative estimate of drug-likeness (QED) is 0.551. The number of hydrogen-bond acceptors (Lipinski definition) is 4. The number of methoxy groups -OCH3 is 1. The third-order valence-electron chi connectivity index (χ3n) is 2.43. The summed E-state index contributed by atoms with van der Waals surface area (Å²) < 4.78 is 5.03. The monoisotopic (exact) mass is 185 g/mol. The summed E-state index contributed by atoms with van der Waals surface area (Å²) in [6.45, 7) is 1.77. The molecule has 0 aromatic heterocycles. The van der Waals surface area contributed by atoms with Crippen molar-refractivity contribution < 1.29 is 19.4 Å². The number of rotatable bonds is 2. The third-order valence-corrected chi connectivity index (χ3v) is 2.43. The molecule has 1 aliphatic rings. The molecular weight excluding hydrogens is 174 g/mol. The molecule has 5 heteroatoms. The van der Waals surface area contributed by atoms with Crippen LogP contribution in [0.15, 0.2) is 5.57 Å². The van der Waals surface area contributed by atoms with E-state index in [9.17, 15) is 9.59 Å². The third kappa shape index (κ3) is 1.37. The zero-order valence-corrected chi connectivity index (χ0v) is 7.46. The molecule has 13 heavy (non-hydrogen) atoms. The van der Waals surface area contributed by atoms with Gasteiger partial charge in [-0.05, 0) is 6.92 Å². The number of hydrogen-bond donors (Lipinski definition) is 2. The van der Waals surface area contributed by atoms with E-state index in [0.29, 0.717) is 5.57 Å². The molecule has 1 saturated heterocycles. The van der Waals surface area contributed by atoms with Gasteiger partial charge in [-0.15, -0.1) is 0 Å².